The second-order valence-corrected chi connectivity index (χ2v) is 3.18. The summed E-state index contributed by atoms with van der Waals surface area (Å²) in [6.45, 7) is 0. The second kappa shape index (κ2) is 3.60. The van der Waals surface area contributed by atoms with Gasteiger partial charge in [-0.15, -0.1) is 0 Å². The van der Waals surface area contributed by atoms with Crippen molar-refractivity contribution in [2.45, 2.75) is 0 Å². The van der Waals surface area contributed by atoms with E-state index in [-0.39, 0.29) is 10.8 Å². The van der Waals surface area contributed by atoms with Crippen LogP contribution in [0, 0.1) is 11.6 Å². The topological polar surface area (TPSA) is 40.5 Å². The van der Waals surface area contributed by atoms with Crippen LogP contribution >= 0.6 is 0 Å². The molecule has 0 aromatic heterocycles. The molecule has 0 atom stereocenters. The lowest BCUT2D eigenvalue weighted by molar-refractivity contribution is 0.423. The van der Waals surface area contributed by atoms with Crippen LogP contribution in [0.4, 0.5) is 8.78 Å². The van der Waals surface area contributed by atoms with Crippen molar-refractivity contribution < 1.29 is 18.8 Å². The van der Waals surface area contributed by atoms with Crippen LogP contribution in [-0.2, 0) is 0 Å². The van der Waals surface area contributed by atoms with Crippen molar-refractivity contribution in [1.82, 2.24) is 0 Å². The minimum atomic E-state index is -1.94. The molecule has 0 heterocycles. The summed E-state index contributed by atoms with van der Waals surface area (Å²) in [5, 5.41) is 17.9. The highest BCUT2D eigenvalue weighted by atomic mass is 19.1. The minimum absolute atomic E-state index is 0.219. The zero-order chi connectivity index (χ0) is 11.0. The summed E-state index contributed by atoms with van der Waals surface area (Å²) in [4.78, 5) is 0. The van der Waals surface area contributed by atoms with Crippen LogP contribution in [0.2, 0.25) is 0 Å². The smallest absolute Gasteiger partial charge is 0.423 e. The summed E-state index contributed by atoms with van der Waals surface area (Å²) in [7, 11) is -1.94. The molecule has 0 fully saturated rings. The van der Waals surface area contributed by atoms with E-state index in [1.54, 1.807) is 6.07 Å². The maximum Gasteiger partial charge on any atom is 0.491 e. The molecule has 0 unspecified atom stereocenters. The van der Waals surface area contributed by atoms with Crippen LogP contribution in [0.25, 0.3) is 10.8 Å². The lowest BCUT2D eigenvalue weighted by Gasteiger charge is -2.06. The Morgan fingerprint density at radius 3 is 2.40 bits per heavy atom. The Balaban J connectivity index is 2.83. The highest BCUT2D eigenvalue weighted by molar-refractivity contribution is 6.59. The molecule has 0 spiro atoms. The van der Waals surface area contributed by atoms with E-state index in [0.29, 0.717) is 5.39 Å². The van der Waals surface area contributed by atoms with Crippen molar-refractivity contribution in [3.8, 4) is 0 Å². The normalized spacial score (nSPS) is 10.7. The molecule has 2 aromatic carbocycles. The van der Waals surface area contributed by atoms with E-state index < -0.39 is 18.8 Å². The molecule has 5 heteroatoms. The van der Waals surface area contributed by atoms with Gasteiger partial charge in [-0.2, -0.15) is 0 Å². The summed E-state index contributed by atoms with van der Waals surface area (Å²) in [5.41, 5.74) is -0.326. The third-order valence-corrected chi connectivity index (χ3v) is 2.24. The molecule has 2 nitrogen and oxygen atoms in total. The third kappa shape index (κ3) is 1.60. The first kappa shape index (κ1) is 10.1. The largest absolute Gasteiger partial charge is 0.491 e. The molecule has 2 rings (SSSR count). The Kier molecular flexibility index (Phi) is 2.42. The molecule has 0 bridgehead atoms. The lowest BCUT2D eigenvalue weighted by atomic mass is 9.79. The van der Waals surface area contributed by atoms with Crippen molar-refractivity contribution in [2.24, 2.45) is 0 Å². The summed E-state index contributed by atoms with van der Waals surface area (Å²) in [5.74, 6) is -1.65. The predicted molar refractivity (Wildman–Crippen MR) is 53.7 cm³/mol. The number of hydrogen-bond donors (Lipinski definition) is 2. The van der Waals surface area contributed by atoms with Crippen LogP contribution in [0.1, 0.15) is 0 Å². The van der Waals surface area contributed by atoms with Gasteiger partial charge in [0.1, 0.15) is 11.6 Å². The predicted octanol–water partition coefficient (Wildman–Crippen LogP) is 0.798. The molecule has 0 aliphatic rings. The van der Waals surface area contributed by atoms with Gasteiger partial charge in [-0.05, 0) is 11.5 Å². The molecule has 15 heavy (non-hydrogen) atoms. The van der Waals surface area contributed by atoms with Gasteiger partial charge in [-0.25, -0.2) is 8.78 Å². The molecule has 2 aromatic rings. The van der Waals surface area contributed by atoms with Gasteiger partial charge in [0.05, 0.1) is 5.39 Å². The van der Waals surface area contributed by atoms with Gasteiger partial charge >= 0.3 is 7.12 Å². The standard InChI is InChI=1S/C10H7BF2O2/c12-8-3-1-2-6-4-5-7(11(14)15)10(13)9(6)8/h1-5,14-15H. The molecule has 0 aliphatic heterocycles. The average Bonchev–Trinajstić information content (AvgIpc) is 2.17. The van der Waals surface area contributed by atoms with Crippen LogP contribution in [0.5, 0.6) is 0 Å². The first-order valence-electron chi connectivity index (χ1n) is 4.34. The van der Waals surface area contributed by atoms with Crippen molar-refractivity contribution >= 4 is 23.4 Å². The van der Waals surface area contributed by atoms with E-state index >= 15 is 0 Å². The van der Waals surface area contributed by atoms with Crippen LogP contribution in [-0.4, -0.2) is 17.2 Å². The number of hydrogen-bond acceptors (Lipinski definition) is 2. The van der Waals surface area contributed by atoms with Crippen LogP contribution in [0.3, 0.4) is 0 Å². The maximum absolute atomic E-state index is 13.6. The fourth-order valence-electron chi connectivity index (χ4n) is 1.51. The lowest BCUT2D eigenvalue weighted by Crippen LogP contribution is -2.32. The SMILES string of the molecule is OB(O)c1ccc2cccc(F)c2c1F. The first-order valence-corrected chi connectivity index (χ1v) is 4.34. The fraction of sp³-hybridized carbons (Fsp3) is 0. The van der Waals surface area contributed by atoms with Crippen molar-refractivity contribution in [1.29, 1.82) is 0 Å². The van der Waals surface area contributed by atoms with Crippen molar-refractivity contribution in [3.05, 3.63) is 42.0 Å². The first-order chi connectivity index (χ1) is 7.11. The number of fused-ring (bicyclic) bond motifs is 1. The van der Waals surface area contributed by atoms with Gasteiger partial charge in [0, 0.05) is 5.46 Å². The third-order valence-electron chi connectivity index (χ3n) is 2.24. The number of rotatable bonds is 1. The molecule has 0 radical (unpaired) electrons. The quantitative estimate of drug-likeness (QED) is 0.680. The molecule has 0 saturated heterocycles. The number of halogens is 2. The monoisotopic (exact) mass is 208 g/mol. The van der Waals surface area contributed by atoms with Gasteiger partial charge in [0.2, 0.25) is 0 Å². The number of benzene rings is 2. The summed E-state index contributed by atoms with van der Waals surface area (Å²) >= 11 is 0. The Bertz CT molecular complexity index is 514. The maximum atomic E-state index is 13.6. The van der Waals surface area contributed by atoms with Gasteiger partial charge < -0.3 is 10.0 Å². The molecule has 76 valence electrons. The Morgan fingerprint density at radius 2 is 1.73 bits per heavy atom. The fourth-order valence-corrected chi connectivity index (χ4v) is 1.51. The summed E-state index contributed by atoms with van der Waals surface area (Å²) < 4.78 is 26.9. The Morgan fingerprint density at radius 1 is 1.00 bits per heavy atom. The molecular formula is C10H7BF2O2. The van der Waals surface area contributed by atoms with Crippen molar-refractivity contribution in [2.75, 3.05) is 0 Å². The Labute approximate surface area is 84.9 Å². The zero-order valence-corrected chi connectivity index (χ0v) is 7.61. The van der Waals surface area contributed by atoms with E-state index in [1.807, 2.05) is 0 Å². The van der Waals surface area contributed by atoms with Gasteiger partial charge in [0.15, 0.2) is 0 Å². The minimum Gasteiger partial charge on any atom is -0.423 e. The second-order valence-electron chi connectivity index (χ2n) is 3.18. The van der Waals surface area contributed by atoms with Gasteiger partial charge in [0.25, 0.3) is 0 Å². The van der Waals surface area contributed by atoms with E-state index in [4.69, 9.17) is 10.0 Å². The molecule has 0 saturated carbocycles. The van der Waals surface area contributed by atoms with Crippen LogP contribution < -0.4 is 5.46 Å². The van der Waals surface area contributed by atoms with Gasteiger partial charge in [-0.1, -0.05) is 24.3 Å². The molecule has 0 amide bonds. The zero-order valence-electron chi connectivity index (χ0n) is 7.61. The van der Waals surface area contributed by atoms with Crippen molar-refractivity contribution in [3.63, 3.8) is 0 Å². The molecular weight excluding hydrogens is 201 g/mol. The van der Waals surface area contributed by atoms with E-state index in [9.17, 15) is 8.78 Å². The highest BCUT2D eigenvalue weighted by Gasteiger charge is 2.19. The average molecular weight is 208 g/mol. The van der Waals surface area contributed by atoms with E-state index in [0.717, 1.165) is 6.07 Å². The van der Waals surface area contributed by atoms with Gasteiger partial charge in [-0.3, -0.25) is 0 Å². The molecule has 0 aliphatic carbocycles. The van der Waals surface area contributed by atoms with Crippen LogP contribution in [0.15, 0.2) is 30.3 Å². The Hall–Kier alpha value is -1.46. The van der Waals surface area contributed by atoms with E-state index in [1.165, 1.54) is 18.2 Å². The van der Waals surface area contributed by atoms with E-state index in [2.05, 4.69) is 0 Å². The molecule has 2 N–H and O–H groups in total. The summed E-state index contributed by atoms with van der Waals surface area (Å²) in [6.07, 6.45) is 0. The highest BCUT2D eigenvalue weighted by Crippen LogP contribution is 2.19. The summed E-state index contributed by atoms with van der Waals surface area (Å²) in [6, 6.07) is 6.80.